The van der Waals surface area contributed by atoms with Crippen molar-refractivity contribution in [3.63, 3.8) is 0 Å². The van der Waals surface area contributed by atoms with E-state index in [1.807, 2.05) is 0 Å². The Balaban J connectivity index is 2.07. The number of methoxy groups -OCH3 is 1. The van der Waals surface area contributed by atoms with E-state index >= 15 is 0 Å². The van der Waals surface area contributed by atoms with E-state index in [1.54, 1.807) is 7.11 Å². The molecule has 0 fully saturated rings. The third-order valence-electron chi connectivity index (χ3n) is 3.55. The quantitative estimate of drug-likeness (QED) is 0.666. The predicted molar refractivity (Wildman–Crippen MR) is 76.4 cm³/mol. The molecular weight excluding hydrogens is 262 g/mol. The van der Waals surface area contributed by atoms with Crippen LogP contribution < -0.4 is 5.32 Å². The SMILES string of the molecule is COCCNCc1nc(Cl)c2c(n1)CCC(C)(C)C2. The Morgan fingerprint density at radius 3 is 2.89 bits per heavy atom. The van der Waals surface area contributed by atoms with Gasteiger partial charge >= 0.3 is 0 Å². The lowest BCUT2D eigenvalue weighted by Gasteiger charge is -2.31. The van der Waals surface area contributed by atoms with Crippen LogP contribution in [0.15, 0.2) is 0 Å². The van der Waals surface area contributed by atoms with Gasteiger partial charge in [-0.1, -0.05) is 25.4 Å². The molecule has 0 saturated heterocycles. The Hall–Kier alpha value is -0.710. The Kier molecular flexibility index (Phi) is 4.76. The van der Waals surface area contributed by atoms with Gasteiger partial charge in [0.05, 0.1) is 13.2 Å². The minimum Gasteiger partial charge on any atom is -0.383 e. The van der Waals surface area contributed by atoms with Crippen LogP contribution >= 0.6 is 11.6 Å². The maximum absolute atomic E-state index is 6.31. The third kappa shape index (κ3) is 3.88. The third-order valence-corrected chi connectivity index (χ3v) is 3.86. The van der Waals surface area contributed by atoms with Crippen molar-refractivity contribution in [2.24, 2.45) is 5.41 Å². The molecule has 0 atom stereocenters. The summed E-state index contributed by atoms with van der Waals surface area (Å²) in [6, 6.07) is 0. The normalized spacial score (nSPS) is 17.3. The number of nitrogens with one attached hydrogen (secondary N) is 1. The minimum atomic E-state index is 0.304. The van der Waals surface area contributed by atoms with E-state index in [0.29, 0.717) is 23.7 Å². The van der Waals surface area contributed by atoms with Gasteiger partial charge in [0.1, 0.15) is 11.0 Å². The molecule has 5 heteroatoms. The first kappa shape index (κ1) is 14.7. The first-order valence-corrected chi connectivity index (χ1v) is 7.13. The van der Waals surface area contributed by atoms with Gasteiger partial charge in [0.15, 0.2) is 0 Å². The number of hydrogen-bond donors (Lipinski definition) is 1. The van der Waals surface area contributed by atoms with Crippen LogP contribution in [-0.2, 0) is 24.1 Å². The van der Waals surface area contributed by atoms with Crippen LogP contribution in [0.4, 0.5) is 0 Å². The number of hydrogen-bond acceptors (Lipinski definition) is 4. The van der Waals surface area contributed by atoms with E-state index in [2.05, 4.69) is 29.1 Å². The van der Waals surface area contributed by atoms with Gasteiger partial charge in [-0.05, 0) is 24.7 Å². The highest BCUT2D eigenvalue weighted by atomic mass is 35.5. The van der Waals surface area contributed by atoms with Crippen LogP contribution in [0.25, 0.3) is 0 Å². The second kappa shape index (κ2) is 6.16. The van der Waals surface area contributed by atoms with E-state index < -0.39 is 0 Å². The summed E-state index contributed by atoms with van der Waals surface area (Å²) in [5.74, 6) is 0.777. The van der Waals surface area contributed by atoms with Gasteiger partial charge in [0, 0.05) is 24.9 Å². The molecule has 1 aromatic rings. The molecule has 19 heavy (non-hydrogen) atoms. The molecule has 1 aromatic heterocycles. The molecule has 4 nitrogen and oxygen atoms in total. The molecule has 1 N–H and O–H groups in total. The molecule has 1 heterocycles. The van der Waals surface area contributed by atoms with Gasteiger partial charge in [-0.25, -0.2) is 9.97 Å². The molecule has 0 aromatic carbocycles. The summed E-state index contributed by atoms with van der Waals surface area (Å²) < 4.78 is 4.99. The van der Waals surface area contributed by atoms with Crippen molar-refractivity contribution in [3.8, 4) is 0 Å². The molecule has 0 spiro atoms. The molecular formula is C14H22ClN3O. The Labute approximate surface area is 119 Å². The highest BCUT2D eigenvalue weighted by molar-refractivity contribution is 6.30. The van der Waals surface area contributed by atoms with E-state index in [0.717, 1.165) is 42.9 Å². The molecule has 0 unspecified atom stereocenters. The number of aromatic nitrogens is 2. The zero-order valence-electron chi connectivity index (χ0n) is 11.9. The molecule has 1 aliphatic carbocycles. The average molecular weight is 284 g/mol. The average Bonchev–Trinajstić information content (AvgIpc) is 2.35. The topological polar surface area (TPSA) is 47.0 Å². The summed E-state index contributed by atoms with van der Waals surface area (Å²) >= 11 is 6.31. The zero-order valence-corrected chi connectivity index (χ0v) is 12.7. The second-order valence-corrected chi connectivity index (χ2v) is 6.22. The Morgan fingerprint density at radius 2 is 2.16 bits per heavy atom. The van der Waals surface area contributed by atoms with Crippen LogP contribution in [0.3, 0.4) is 0 Å². The summed E-state index contributed by atoms with van der Waals surface area (Å²) in [4.78, 5) is 9.04. The molecule has 0 bridgehead atoms. The van der Waals surface area contributed by atoms with Crippen LogP contribution in [-0.4, -0.2) is 30.2 Å². The highest BCUT2D eigenvalue weighted by Gasteiger charge is 2.28. The van der Waals surface area contributed by atoms with Crippen molar-refractivity contribution in [1.82, 2.24) is 15.3 Å². The largest absolute Gasteiger partial charge is 0.383 e. The number of halogens is 1. The van der Waals surface area contributed by atoms with Crippen molar-refractivity contribution in [2.45, 2.75) is 39.7 Å². The summed E-state index contributed by atoms with van der Waals surface area (Å²) in [5.41, 5.74) is 2.57. The number of aryl methyl sites for hydroxylation is 1. The number of ether oxygens (including phenoxy) is 1. The summed E-state index contributed by atoms with van der Waals surface area (Å²) in [5, 5.41) is 3.87. The lowest BCUT2D eigenvalue weighted by Crippen LogP contribution is -2.26. The standard InChI is InChI=1S/C14H22ClN3O/c1-14(2)5-4-11-10(8-14)13(15)18-12(17-11)9-16-6-7-19-3/h16H,4-9H2,1-3H3. The smallest absolute Gasteiger partial charge is 0.144 e. The second-order valence-electron chi connectivity index (χ2n) is 5.87. The zero-order chi connectivity index (χ0) is 13.9. The monoisotopic (exact) mass is 283 g/mol. The van der Waals surface area contributed by atoms with E-state index in [4.69, 9.17) is 16.3 Å². The number of rotatable bonds is 5. The number of fused-ring (bicyclic) bond motifs is 1. The molecule has 106 valence electrons. The van der Waals surface area contributed by atoms with Crippen LogP contribution in [0.1, 0.15) is 37.4 Å². The van der Waals surface area contributed by atoms with Crippen molar-refractivity contribution in [2.75, 3.05) is 20.3 Å². The lowest BCUT2D eigenvalue weighted by molar-refractivity contribution is 0.199. The summed E-state index contributed by atoms with van der Waals surface area (Å²) in [7, 11) is 1.69. The minimum absolute atomic E-state index is 0.304. The summed E-state index contributed by atoms with van der Waals surface area (Å²) in [6.07, 6.45) is 3.12. The summed E-state index contributed by atoms with van der Waals surface area (Å²) in [6.45, 7) is 6.66. The van der Waals surface area contributed by atoms with Crippen molar-refractivity contribution < 1.29 is 4.74 Å². The molecule has 0 radical (unpaired) electrons. The van der Waals surface area contributed by atoms with E-state index in [-0.39, 0.29) is 0 Å². The maximum atomic E-state index is 6.31. The predicted octanol–water partition coefficient (Wildman–Crippen LogP) is 2.38. The van der Waals surface area contributed by atoms with Gasteiger partial charge in [0.25, 0.3) is 0 Å². The number of nitrogens with zero attached hydrogens (tertiary/aromatic N) is 2. The first-order chi connectivity index (χ1) is 9.02. The maximum Gasteiger partial charge on any atom is 0.144 e. The molecule has 0 amide bonds. The van der Waals surface area contributed by atoms with Crippen LogP contribution in [0.5, 0.6) is 0 Å². The van der Waals surface area contributed by atoms with Gasteiger partial charge in [0.2, 0.25) is 0 Å². The Morgan fingerprint density at radius 1 is 1.37 bits per heavy atom. The Bertz CT molecular complexity index is 449. The van der Waals surface area contributed by atoms with Crippen molar-refractivity contribution in [1.29, 1.82) is 0 Å². The van der Waals surface area contributed by atoms with Gasteiger partial charge in [-0.2, -0.15) is 0 Å². The molecule has 0 saturated carbocycles. The van der Waals surface area contributed by atoms with Gasteiger partial charge < -0.3 is 10.1 Å². The van der Waals surface area contributed by atoms with Crippen molar-refractivity contribution in [3.05, 3.63) is 22.2 Å². The lowest BCUT2D eigenvalue weighted by atomic mass is 9.76. The fourth-order valence-corrected chi connectivity index (χ4v) is 2.68. The van der Waals surface area contributed by atoms with E-state index in [9.17, 15) is 0 Å². The van der Waals surface area contributed by atoms with Crippen LogP contribution in [0, 0.1) is 5.41 Å². The fourth-order valence-electron chi connectivity index (χ4n) is 2.41. The van der Waals surface area contributed by atoms with Crippen molar-refractivity contribution >= 4 is 11.6 Å². The fraction of sp³-hybridized carbons (Fsp3) is 0.714. The van der Waals surface area contributed by atoms with Crippen LogP contribution in [0.2, 0.25) is 5.15 Å². The molecule has 2 rings (SSSR count). The first-order valence-electron chi connectivity index (χ1n) is 6.76. The highest BCUT2D eigenvalue weighted by Crippen LogP contribution is 2.36. The molecule has 0 aliphatic heterocycles. The van der Waals surface area contributed by atoms with Gasteiger partial charge in [-0.3, -0.25) is 0 Å². The van der Waals surface area contributed by atoms with E-state index in [1.165, 1.54) is 0 Å². The van der Waals surface area contributed by atoms with Gasteiger partial charge in [-0.15, -0.1) is 0 Å². The molecule has 1 aliphatic rings.